The van der Waals surface area contributed by atoms with Crippen molar-refractivity contribution >= 4 is 34.2 Å². The van der Waals surface area contributed by atoms with E-state index in [-0.39, 0.29) is 17.6 Å². The van der Waals surface area contributed by atoms with Gasteiger partial charge < -0.3 is 19.4 Å². The predicted octanol–water partition coefficient (Wildman–Crippen LogP) is 4.52. The fourth-order valence-electron chi connectivity index (χ4n) is 3.60. The van der Waals surface area contributed by atoms with E-state index in [1.54, 1.807) is 19.2 Å². The smallest absolute Gasteiger partial charge is 0.291 e. The molecule has 0 aliphatic carbocycles. The lowest BCUT2D eigenvalue weighted by Crippen LogP contribution is -2.35. The summed E-state index contributed by atoms with van der Waals surface area (Å²) in [7, 11) is 1.56. The quantitative estimate of drug-likeness (QED) is 0.725. The van der Waals surface area contributed by atoms with Crippen molar-refractivity contribution in [3.05, 3.63) is 53.8 Å². The number of amides is 2. The third-order valence-corrected chi connectivity index (χ3v) is 5.02. The van der Waals surface area contributed by atoms with Crippen molar-refractivity contribution < 1.29 is 18.7 Å². The fourth-order valence-corrected chi connectivity index (χ4v) is 3.60. The highest BCUT2D eigenvalue weighted by atomic mass is 16.5. The van der Waals surface area contributed by atoms with E-state index in [1.807, 2.05) is 42.2 Å². The Morgan fingerprint density at radius 1 is 1.18 bits per heavy atom. The molecule has 0 unspecified atom stereocenters. The molecule has 6 heteroatoms. The lowest BCUT2D eigenvalue weighted by Gasteiger charge is -2.28. The van der Waals surface area contributed by atoms with Crippen LogP contribution in [0.4, 0.5) is 11.4 Å². The van der Waals surface area contributed by atoms with Crippen molar-refractivity contribution in [2.45, 2.75) is 26.2 Å². The first-order chi connectivity index (χ1) is 13.6. The number of fused-ring (bicyclic) bond motifs is 1. The molecule has 1 aliphatic rings. The number of methoxy groups -OCH3 is 1. The Balaban J connectivity index is 1.55. The van der Waals surface area contributed by atoms with Gasteiger partial charge in [-0.15, -0.1) is 0 Å². The van der Waals surface area contributed by atoms with E-state index in [4.69, 9.17) is 9.15 Å². The fraction of sp³-hybridized carbons (Fsp3) is 0.273. The van der Waals surface area contributed by atoms with Gasteiger partial charge in [0.05, 0.1) is 7.11 Å². The van der Waals surface area contributed by atoms with Crippen LogP contribution in [-0.2, 0) is 4.79 Å². The van der Waals surface area contributed by atoms with Gasteiger partial charge in [-0.25, -0.2) is 0 Å². The monoisotopic (exact) mass is 378 g/mol. The first kappa shape index (κ1) is 18.1. The molecule has 2 aromatic carbocycles. The number of hydrogen-bond donors (Lipinski definition) is 1. The number of carbonyl (C=O) groups is 2. The molecule has 0 saturated carbocycles. The van der Waals surface area contributed by atoms with Crippen molar-refractivity contribution in [3.63, 3.8) is 0 Å². The SMILES string of the molecule is COc1cccc2cc(C(=O)Nc3ccc(N4CCCCC4=O)c(C)c3)oc12. The number of piperidine rings is 1. The molecule has 6 nitrogen and oxygen atoms in total. The van der Waals surface area contributed by atoms with Crippen molar-refractivity contribution in [1.82, 2.24) is 0 Å². The molecule has 1 aromatic heterocycles. The van der Waals surface area contributed by atoms with Gasteiger partial charge in [0.1, 0.15) is 0 Å². The zero-order valence-electron chi connectivity index (χ0n) is 16.0. The minimum absolute atomic E-state index is 0.155. The van der Waals surface area contributed by atoms with E-state index in [9.17, 15) is 9.59 Å². The molecule has 28 heavy (non-hydrogen) atoms. The van der Waals surface area contributed by atoms with E-state index in [1.165, 1.54) is 0 Å². The van der Waals surface area contributed by atoms with Crippen LogP contribution in [0.2, 0.25) is 0 Å². The highest BCUT2D eigenvalue weighted by molar-refractivity contribution is 6.05. The molecule has 0 atom stereocenters. The number of carbonyl (C=O) groups excluding carboxylic acids is 2. The Kier molecular flexibility index (Phi) is 4.77. The lowest BCUT2D eigenvalue weighted by molar-refractivity contribution is -0.119. The molecule has 0 radical (unpaired) electrons. The molecule has 1 N–H and O–H groups in total. The number of para-hydroxylation sites is 1. The zero-order valence-corrected chi connectivity index (χ0v) is 16.0. The van der Waals surface area contributed by atoms with E-state index >= 15 is 0 Å². The second-order valence-electron chi connectivity index (χ2n) is 6.95. The van der Waals surface area contributed by atoms with Crippen LogP contribution in [0, 0.1) is 6.92 Å². The molecule has 1 saturated heterocycles. The Hall–Kier alpha value is -3.28. The molecular formula is C22H22N2O4. The standard InChI is InChI=1S/C22H22N2O4/c1-14-12-16(9-10-17(14)24-11-4-3-8-20(24)25)23-22(26)19-13-15-6-5-7-18(27-2)21(15)28-19/h5-7,9-10,12-13H,3-4,8,11H2,1-2H3,(H,23,26). The van der Waals surface area contributed by atoms with Crippen LogP contribution in [0.25, 0.3) is 11.0 Å². The summed E-state index contributed by atoms with van der Waals surface area (Å²) in [6.07, 6.45) is 2.55. The Morgan fingerprint density at radius 3 is 2.79 bits per heavy atom. The van der Waals surface area contributed by atoms with Crippen LogP contribution in [0.5, 0.6) is 5.75 Å². The number of nitrogens with zero attached hydrogens (tertiary/aromatic N) is 1. The Labute approximate surface area is 163 Å². The number of rotatable bonds is 4. The van der Waals surface area contributed by atoms with E-state index < -0.39 is 0 Å². The van der Waals surface area contributed by atoms with Gasteiger partial charge in [-0.05, 0) is 55.7 Å². The summed E-state index contributed by atoms with van der Waals surface area (Å²) in [6.45, 7) is 2.69. The number of aryl methyl sites for hydroxylation is 1. The van der Waals surface area contributed by atoms with Gasteiger partial charge >= 0.3 is 0 Å². The summed E-state index contributed by atoms with van der Waals surface area (Å²) in [5, 5.41) is 3.67. The second kappa shape index (κ2) is 7.38. The van der Waals surface area contributed by atoms with Gasteiger partial charge in [0.25, 0.3) is 5.91 Å². The Morgan fingerprint density at radius 2 is 2.04 bits per heavy atom. The molecule has 0 bridgehead atoms. The van der Waals surface area contributed by atoms with Crippen LogP contribution < -0.4 is 15.0 Å². The van der Waals surface area contributed by atoms with Crippen LogP contribution in [-0.4, -0.2) is 25.5 Å². The maximum Gasteiger partial charge on any atom is 0.291 e. The number of hydrogen-bond acceptors (Lipinski definition) is 4. The molecule has 144 valence electrons. The first-order valence-corrected chi connectivity index (χ1v) is 9.36. The minimum Gasteiger partial charge on any atom is -0.493 e. The van der Waals surface area contributed by atoms with Gasteiger partial charge in [0.2, 0.25) is 5.91 Å². The van der Waals surface area contributed by atoms with Crippen molar-refractivity contribution in [3.8, 4) is 5.75 Å². The van der Waals surface area contributed by atoms with Crippen LogP contribution in [0.15, 0.2) is 46.9 Å². The molecular weight excluding hydrogens is 356 g/mol. The average molecular weight is 378 g/mol. The molecule has 1 aliphatic heterocycles. The molecule has 2 amide bonds. The van der Waals surface area contributed by atoms with Crippen molar-refractivity contribution in [1.29, 1.82) is 0 Å². The van der Waals surface area contributed by atoms with Gasteiger partial charge in [-0.1, -0.05) is 12.1 Å². The van der Waals surface area contributed by atoms with Crippen LogP contribution >= 0.6 is 0 Å². The first-order valence-electron chi connectivity index (χ1n) is 9.36. The maximum atomic E-state index is 12.6. The highest BCUT2D eigenvalue weighted by Crippen LogP contribution is 2.30. The summed E-state index contributed by atoms with van der Waals surface area (Å²) in [6, 6.07) is 12.8. The summed E-state index contributed by atoms with van der Waals surface area (Å²) < 4.78 is 11.0. The summed E-state index contributed by atoms with van der Waals surface area (Å²) >= 11 is 0. The molecule has 4 rings (SSSR count). The highest BCUT2D eigenvalue weighted by Gasteiger charge is 2.21. The second-order valence-corrected chi connectivity index (χ2v) is 6.95. The van der Waals surface area contributed by atoms with Crippen molar-refractivity contribution in [2.24, 2.45) is 0 Å². The van der Waals surface area contributed by atoms with E-state index in [0.717, 1.165) is 36.0 Å². The summed E-state index contributed by atoms with van der Waals surface area (Å²) in [4.78, 5) is 26.6. The van der Waals surface area contributed by atoms with Gasteiger partial charge in [0, 0.05) is 29.7 Å². The maximum absolute atomic E-state index is 12.6. The average Bonchev–Trinajstić information content (AvgIpc) is 3.13. The number of anilines is 2. The third-order valence-electron chi connectivity index (χ3n) is 5.02. The normalized spacial score (nSPS) is 14.4. The Bertz CT molecular complexity index is 1050. The number of furan rings is 1. The molecule has 0 spiro atoms. The lowest BCUT2D eigenvalue weighted by atomic mass is 10.1. The van der Waals surface area contributed by atoms with Gasteiger partial charge in [-0.2, -0.15) is 0 Å². The van der Waals surface area contributed by atoms with E-state index in [0.29, 0.717) is 23.4 Å². The van der Waals surface area contributed by atoms with E-state index in [2.05, 4.69) is 5.32 Å². The zero-order chi connectivity index (χ0) is 19.7. The number of nitrogens with one attached hydrogen (secondary N) is 1. The number of benzene rings is 2. The van der Waals surface area contributed by atoms with Crippen molar-refractivity contribution in [2.75, 3.05) is 23.9 Å². The number of ether oxygens (including phenoxy) is 1. The van der Waals surface area contributed by atoms with Crippen LogP contribution in [0.3, 0.4) is 0 Å². The molecule has 3 aromatic rings. The van der Waals surface area contributed by atoms with Gasteiger partial charge in [0.15, 0.2) is 17.1 Å². The summed E-state index contributed by atoms with van der Waals surface area (Å²) in [5.74, 6) is 0.622. The topological polar surface area (TPSA) is 71.8 Å². The van der Waals surface area contributed by atoms with Crippen LogP contribution in [0.1, 0.15) is 35.4 Å². The molecule has 2 heterocycles. The van der Waals surface area contributed by atoms with Gasteiger partial charge in [-0.3, -0.25) is 9.59 Å². The largest absolute Gasteiger partial charge is 0.493 e. The minimum atomic E-state index is -0.334. The third kappa shape index (κ3) is 3.33. The summed E-state index contributed by atoms with van der Waals surface area (Å²) in [5.41, 5.74) is 3.05. The predicted molar refractivity (Wildman–Crippen MR) is 108 cm³/mol. The molecule has 1 fully saturated rings.